The van der Waals surface area contributed by atoms with Crippen molar-refractivity contribution in [3.05, 3.63) is 89.3 Å². The fraction of sp³-hybridized carbons (Fsp3) is 0.174. The number of rotatable bonds is 1. The summed E-state index contributed by atoms with van der Waals surface area (Å²) in [4.78, 5) is 19.6. The molecule has 3 aromatic heterocycles. The molecule has 0 atom stereocenters. The number of nitrogens with zero attached hydrogens (tertiary/aromatic N) is 5. The maximum absolute atomic E-state index is 11.8. The Bertz CT molecular complexity index is 1200. The Morgan fingerprint density at radius 2 is 1.62 bits per heavy atom. The SMILES string of the molecule is CC.CC.[NH-]c1n[nH]c2cc(=O)n(-c3ccccc3)nc12.[U+2].[c-]1ncnc2ccccc12. The second-order valence-electron chi connectivity index (χ2n) is 5.57. The molecule has 9 heteroatoms. The minimum Gasteiger partial charge on any atom is -0.479 e. The van der Waals surface area contributed by atoms with Gasteiger partial charge in [-0.2, -0.15) is 9.78 Å². The van der Waals surface area contributed by atoms with E-state index in [-0.39, 0.29) is 42.5 Å². The summed E-state index contributed by atoms with van der Waals surface area (Å²) in [5.41, 5.74) is 9.77. The number of nitrogens with one attached hydrogen (secondary N) is 2. The summed E-state index contributed by atoms with van der Waals surface area (Å²) in [6, 6.07) is 18.2. The first-order valence-electron chi connectivity index (χ1n) is 10.1. The van der Waals surface area contributed by atoms with Gasteiger partial charge in [0, 0.05) is 12.4 Å². The molecule has 5 rings (SSSR count). The predicted molar refractivity (Wildman–Crippen MR) is 125 cm³/mol. The number of aromatic amines is 1. The molecule has 2 N–H and O–H groups in total. The van der Waals surface area contributed by atoms with Crippen LogP contribution in [0.3, 0.4) is 0 Å². The molecule has 0 radical (unpaired) electrons. The Balaban J connectivity index is 0.000000293. The molecular weight excluding hydrogens is 628 g/mol. The van der Waals surface area contributed by atoms with Gasteiger partial charge in [0.25, 0.3) is 5.56 Å². The van der Waals surface area contributed by atoms with E-state index >= 15 is 0 Å². The molecule has 0 spiro atoms. The molecule has 0 amide bonds. The average Bonchev–Trinajstić information content (AvgIpc) is 3.21. The zero-order chi connectivity index (χ0) is 22.6. The topological polar surface area (TPSA) is 113 Å². The Labute approximate surface area is 210 Å². The van der Waals surface area contributed by atoms with E-state index in [9.17, 15) is 4.79 Å². The van der Waals surface area contributed by atoms with Crippen LogP contribution in [-0.4, -0.2) is 29.9 Å². The summed E-state index contributed by atoms with van der Waals surface area (Å²) in [5.74, 6) is 0.0321. The molecule has 0 bridgehead atoms. The first kappa shape index (κ1) is 27.0. The minimum atomic E-state index is -0.257. The van der Waals surface area contributed by atoms with Crippen LogP contribution in [0.2, 0.25) is 0 Å². The third-order valence-corrected chi connectivity index (χ3v) is 3.79. The average molecular weight is 654 g/mol. The molecule has 0 aliphatic carbocycles. The van der Waals surface area contributed by atoms with Gasteiger partial charge in [-0.3, -0.25) is 4.79 Å². The Kier molecular flexibility index (Phi) is 11.9. The second kappa shape index (κ2) is 14.1. The van der Waals surface area contributed by atoms with E-state index in [2.05, 4.69) is 31.5 Å². The third kappa shape index (κ3) is 6.74. The zero-order valence-corrected chi connectivity index (χ0v) is 22.7. The number of fused-ring (bicyclic) bond motifs is 2. The van der Waals surface area contributed by atoms with Crippen molar-refractivity contribution in [2.75, 3.05) is 0 Å². The quantitative estimate of drug-likeness (QED) is 0.248. The van der Waals surface area contributed by atoms with Crippen molar-refractivity contribution in [2.24, 2.45) is 0 Å². The number of H-pyrrole nitrogens is 1. The predicted octanol–water partition coefficient (Wildman–Crippen LogP) is 5.27. The Morgan fingerprint density at radius 3 is 2.31 bits per heavy atom. The first-order valence-corrected chi connectivity index (χ1v) is 10.1. The number of hydrogen-bond acceptors (Lipinski definition) is 5. The summed E-state index contributed by atoms with van der Waals surface area (Å²) in [7, 11) is 0. The van der Waals surface area contributed by atoms with Crippen LogP contribution in [-0.2, 0) is 0 Å². The van der Waals surface area contributed by atoms with Crippen LogP contribution in [0.1, 0.15) is 27.7 Å². The zero-order valence-electron chi connectivity index (χ0n) is 18.5. The second-order valence-corrected chi connectivity index (χ2v) is 5.57. The molecule has 32 heavy (non-hydrogen) atoms. The van der Waals surface area contributed by atoms with Crippen LogP contribution >= 0.6 is 0 Å². The van der Waals surface area contributed by atoms with Crippen molar-refractivity contribution >= 4 is 27.8 Å². The molecule has 162 valence electrons. The molecule has 0 unspecified atom stereocenters. The van der Waals surface area contributed by atoms with Gasteiger partial charge in [0.1, 0.15) is 5.52 Å². The maximum Gasteiger partial charge on any atom is 2.00 e. The largest absolute Gasteiger partial charge is 2.00 e. The molecule has 8 nitrogen and oxygen atoms in total. The van der Waals surface area contributed by atoms with Gasteiger partial charge in [0.15, 0.2) is 0 Å². The van der Waals surface area contributed by atoms with Crippen LogP contribution in [0, 0.1) is 37.3 Å². The van der Waals surface area contributed by atoms with Gasteiger partial charge >= 0.3 is 31.1 Å². The molecular formula is C23H25N7OU. The van der Waals surface area contributed by atoms with Crippen molar-refractivity contribution < 1.29 is 31.1 Å². The number of hydrogen-bond donors (Lipinski definition) is 1. The number of para-hydroxylation sites is 2. The normalized spacial score (nSPS) is 9.25. The standard InChI is InChI=1S/C11H9N5O.C8H5N2.2C2H6.U/c12-11-10-8(13-14-11)6-9(17)16(15-10)7-4-2-1-3-5-7;1-2-4-8-7(3-1)5-9-6-10-8;2*1-2;/h1-6H,(H3,12,13,14,15,17);1-4,6H;2*1-2H3;/q;-1;;;+2/p-1. The minimum absolute atomic E-state index is 0. The Hall–Kier alpha value is -3.02. The van der Waals surface area contributed by atoms with E-state index in [1.54, 1.807) is 12.1 Å². The van der Waals surface area contributed by atoms with Gasteiger partial charge in [0.05, 0.1) is 11.2 Å². The molecule has 0 aliphatic heterocycles. The third-order valence-electron chi connectivity index (χ3n) is 3.79. The van der Waals surface area contributed by atoms with E-state index in [0.29, 0.717) is 16.7 Å². The van der Waals surface area contributed by atoms with Crippen LogP contribution in [0.5, 0.6) is 0 Å². The van der Waals surface area contributed by atoms with Crippen molar-refractivity contribution in [3.8, 4) is 5.69 Å². The van der Waals surface area contributed by atoms with Crippen LogP contribution in [0.25, 0.3) is 33.4 Å². The molecule has 0 saturated carbocycles. The smallest absolute Gasteiger partial charge is 0.479 e. The first-order chi connectivity index (χ1) is 15.2. The molecule has 0 saturated heterocycles. The Morgan fingerprint density at radius 1 is 0.969 bits per heavy atom. The van der Waals surface area contributed by atoms with Crippen LogP contribution < -0.4 is 5.56 Å². The fourth-order valence-electron chi connectivity index (χ4n) is 2.51. The molecule has 0 fully saturated rings. The van der Waals surface area contributed by atoms with Gasteiger partial charge in [-0.1, -0.05) is 58.0 Å². The monoisotopic (exact) mass is 653 g/mol. The number of aromatic nitrogens is 6. The summed E-state index contributed by atoms with van der Waals surface area (Å²) >= 11 is 0. The van der Waals surface area contributed by atoms with E-state index in [1.807, 2.05) is 70.2 Å². The van der Waals surface area contributed by atoms with Gasteiger partial charge in [0.2, 0.25) is 0 Å². The summed E-state index contributed by atoms with van der Waals surface area (Å²) in [6.45, 7) is 8.00. The van der Waals surface area contributed by atoms with Crippen molar-refractivity contribution in [2.45, 2.75) is 27.7 Å². The van der Waals surface area contributed by atoms with Crippen LogP contribution in [0.15, 0.2) is 71.8 Å². The van der Waals surface area contributed by atoms with Gasteiger partial charge < -0.3 is 25.9 Å². The number of benzene rings is 2. The summed E-state index contributed by atoms with van der Waals surface area (Å²) in [6.07, 6.45) is 4.34. The van der Waals surface area contributed by atoms with E-state index in [4.69, 9.17) is 5.73 Å². The van der Waals surface area contributed by atoms with Gasteiger partial charge in [-0.15, -0.1) is 17.5 Å². The van der Waals surface area contributed by atoms with E-state index < -0.39 is 0 Å². The fourth-order valence-corrected chi connectivity index (χ4v) is 2.51. The maximum atomic E-state index is 11.8. The molecule has 0 aliphatic rings. The molecule has 3 heterocycles. The van der Waals surface area contributed by atoms with Crippen molar-refractivity contribution in [1.29, 1.82) is 0 Å². The van der Waals surface area contributed by atoms with Gasteiger partial charge in [-0.05, 0) is 29.7 Å². The summed E-state index contributed by atoms with van der Waals surface area (Å²) in [5, 5.41) is 11.4. The molecule has 2 aromatic carbocycles. The van der Waals surface area contributed by atoms with E-state index in [0.717, 1.165) is 10.9 Å². The molecule has 5 aromatic rings. The van der Waals surface area contributed by atoms with Gasteiger partial charge in [-0.25, -0.2) is 0 Å². The van der Waals surface area contributed by atoms with E-state index in [1.165, 1.54) is 17.1 Å². The van der Waals surface area contributed by atoms with Crippen molar-refractivity contribution in [1.82, 2.24) is 29.9 Å². The van der Waals surface area contributed by atoms with Crippen molar-refractivity contribution in [3.63, 3.8) is 0 Å². The van der Waals surface area contributed by atoms with Crippen LogP contribution in [0.4, 0.5) is 5.82 Å². The summed E-state index contributed by atoms with van der Waals surface area (Å²) < 4.78 is 1.26.